The van der Waals surface area contributed by atoms with Gasteiger partial charge < -0.3 is 9.80 Å². The summed E-state index contributed by atoms with van der Waals surface area (Å²) in [6.45, 7) is 1.74. The van der Waals surface area contributed by atoms with Crippen LogP contribution in [-0.2, 0) is 0 Å². The molecule has 3 aromatic rings. The Morgan fingerprint density at radius 2 is 1.67 bits per heavy atom. The number of carbonyl (C=O) groups is 2. The Kier molecular flexibility index (Phi) is 4.72. The maximum absolute atomic E-state index is 13.0. The fourth-order valence-corrected chi connectivity index (χ4v) is 3.73. The Bertz CT molecular complexity index is 945. The molecule has 1 aliphatic rings. The number of aromatic amines is 1. The number of H-pyrrole nitrogens is 1. The van der Waals surface area contributed by atoms with E-state index in [0.717, 1.165) is 10.6 Å². The van der Waals surface area contributed by atoms with Crippen molar-refractivity contribution in [1.29, 1.82) is 0 Å². The molecule has 6 nitrogen and oxygen atoms in total. The van der Waals surface area contributed by atoms with Crippen molar-refractivity contribution in [2.45, 2.75) is 0 Å². The van der Waals surface area contributed by atoms with Crippen LogP contribution in [0.2, 0.25) is 0 Å². The number of piperazine rings is 1. The zero-order valence-electron chi connectivity index (χ0n) is 14.4. The van der Waals surface area contributed by atoms with Gasteiger partial charge in [0.2, 0.25) is 0 Å². The lowest BCUT2D eigenvalue weighted by Gasteiger charge is -2.34. The molecule has 1 aromatic carbocycles. The normalized spacial score (nSPS) is 14.4. The molecule has 0 saturated carbocycles. The number of nitrogens with zero attached hydrogens (tertiary/aromatic N) is 3. The molecule has 0 bridgehead atoms. The van der Waals surface area contributed by atoms with Gasteiger partial charge >= 0.3 is 0 Å². The van der Waals surface area contributed by atoms with Crippen LogP contribution in [0.1, 0.15) is 20.8 Å². The van der Waals surface area contributed by atoms with E-state index in [1.807, 2.05) is 17.5 Å². The van der Waals surface area contributed by atoms with Gasteiger partial charge in [-0.3, -0.25) is 14.7 Å². The van der Waals surface area contributed by atoms with Crippen molar-refractivity contribution in [2.75, 3.05) is 26.2 Å². The number of thiophene rings is 1. The molecule has 1 fully saturated rings. The van der Waals surface area contributed by atoms with Crippen LogP contribution < -0.4 is 0 Å². The summed E-state index contributed by atoms with van der Waals surface area (Å²) >= 11 is 1.58. The van der Waals surface area contributed by atoms with Gasteiger partial charge in [0.1, 0.15) is 5.82 Å². The molecule has 0 unspecified atom stereocenters. The number of amides is 2. The van der Waals surface area contributed by atoms with Crippen LogP contribution in [0.15, 0.2) is 47.8 Å². The first-order valence-corrected chi connectivity index (χ1v) is 9.43. The van der Waals surface area contributed by atoms with Gasteiger partial charge in [-0.25, -0.2) is 4.39 Å². The minimum absolute atomic E-state index is 0.150. The summed E-state index contributed by atoms with van der Waals surface area (Å²) in [5.74, 6) is -0.673. The van der Waals surface area contributed by atoms with Crippen LogP contribution in [0.25, 0.3) is 10.6 Å². The topological polar surface area (TPSA) is 69.3 Å². The van der Waals surface area contributed by atoms with Gasteiger partial charge in [0.05, 0.1) is 10.6 Å². The number of nitrogens with one attached hydrogen (secondary N) is 1. The first kappa shape index (κ1) is 17.4. The van der Waals surface area contributed by atoms with Gasteiger partial charge in [-0.2, -0.15) is 5.10 Å². The van der Waals surface area contributed by atoms with E-state index in [4.69, 9.17) is 0 Å². The molecule has 0 atom stereocenters. The second-order valence-electron chi connectivity index (χ2n) is 6.24. The lowest BCUT2D eigenvalue weighted by atomic mass is 10.1. The van der Waals surface area contributed by atoms with Crippen molar-refractivity contribution in [3.63, 3.8) is 0 Å². The van der Waals surface area contributed by atoms with E-state index < -0.39 is 0 Å². The third kappa shape index (κ3) is 3.61. The highest BCUT2D eigenvalue weighted by Gasteiger charge is 2.26. The zero-order chi connectivity index (χ0) is 18.8. The zero-order valence-corrected chi connectivity index (χ0v) is 15.2. The summed E-state index contributed by atoms with van der Waals surface area (Å²) in [6, 6.07) is 11.2. The largest absolute Gasteiger partial charge is 0.335 e. The molecule has 1 saturated heterocycles. The Morgan fingerprint density at radius 3 is 2.30 bits per heavy atom. The lowest BCUT2D eigenvalue weighted by molar-refractivity contribution is 0.0532. The highest BCUT2D eigenvalue weighted by molar-refractivity contribution is 7.13. The average molecular weight is 384 g/mol. The Balaban J connectivity index is 1.38. The van der Waals surface area contributed by atoms with Gasteiger partial charge in [0.15, 0.2) is 5.69 Å². The van der Waals surface area contributed by atoms with Gasteiger partial charge in [-0.05, 0) is 41.8 Å². The smallest absolute Gasteiger partial charge is 0.274 e. The third-order valence-electron chi connectivity index (χ3n) is 4.53. The molecular formula is C19H17FN4O2S. The molecule has 0 spiro atoms. The summed E-state index contributed by atoms with van der Waals surface area (Å²) in [7, 11) is 0. The number of aromatic nitrogens is 2. The fourth-order valence-electron chi connectivity index (χ4n) is 3.04. The quantitative estimate of drug-likeness (QED) is 0.755. The summed E-state index contributed by atoms with van der Waals surface area (Å²) in [5, 5.41) is 9.00. The molecule has 2 aromatic heterocycles. The summed E-state index contributed by atoms with van der Waals surface area (Å²) < 4.78 is 13.0. The molecule has 1 aliphatic heterocycles. The van der Waals surface area contributed by atoms with Crippen molar-refractivity contribution >= 4 is 23.2 Å². The standard InChI is InChI=1S/C19H17FN4O2S/c20-14-5-3-13(4-6-14)18(25)23-7-9-24(10-8-23)19(26)16-12-15(21-22-16)17-2-1-11-27-17/h1-6,11-12H,7-10H2,(H,21,22). The third-order valence-corrected chi connectivity index (χ3v) is 5.43. The van der Waals surface area contributed by atoms with Gasteiger partial charge in [-0.15, -0.1) is 11.3 Å². The maximum Gasteiger partial charge on any atom is 0.274 e. The predicted octanol–water partition coefficient (Wildman–Crippen LogP) is 2.88. The van der Waals surface area contributed by atoms with E-state index in [1.165, 1.54) is 24.3 Å². The molecule has 0 aliphatic carbocycles. The number of hydrogen-bond donors (Lipinski definition) is 1. The van der Waals surface area contributed by atoms with Crippen LogP contribution in [0.4, 0.5) is 4.39 Å². The minimum Gasteiger partial charge on any atom is -0.335 e. The van der Waals surface area contributed by atoms with Crippen molar-refractivity contribution in [3.8, 4) is 10.6 Å². The molecule has 3 heterocycles. The maximum atomic E-state index is 13.0. The number of carbonyl (C=O) groups excluding carboxylic acids is 2. The lowest BCUT2D eigenvalue weighted by Crippen LogP contribution is -2.50. The van der Waals surface area contributed by atoms with E-state index in [2.05, 4.69) is 10.2 Å². The van der Waals surface area contributed by atoms with Crippen LogP contribution in [0, 0.1) is 5.82 Å². The SMILES string of the molecule is O=C(c1ccc(F)cc1)N1CCN(C(=O)c2cc(-c3cccs3)[nH]n2)CC1. The molecule has 8 heteroatoms. The van der Waals surface area contributed by atoms with Crippen LogP contribution in [0.5, 0.6) is 0 Å². The average Bonchev–Trinajstić information content (AvgIpc) is 3.39. The Morgan fingerprint density at radius 1 is 1.00 bits per heavy atom. The Labute approximate surface area is 159 Å². The molecule has 2 amide bonds. The van der Waals surface area contributed by atoms with Crippen LogP contribution in [0.3, 0.4) is 0 Å². The Hall–Kier alpha value is -3.00. The van der Waals surface area contributed by atoms with E-state index in [1.54, 1.807) is 27.2 Å². The number of benzene rings is 1. The van der Waals surface area contributed by atoms with E-state index in [-0.39, 0.29) is 17.6 Å². The number of halogens is 1. The van der Waals surface area contributed by atoms with E-state index in [9.17, 15) is 14.0 Å². The summed E-state index contributed by atoms with van der Waals surface area (Å²) in [4.78, 5) is 29.5. The second-order valence-corrected chi connectivity index (χ2v) is 7.18. The van der Waals surface area contributed by atoms with Gasteiger partial charge in [0, 0.05) is 31.7 Å². The van der Waals surface area contributed by atoms with Crippen LogP contribution in [-0.4, -0.2) is 58.0 Å². The van der Waals surface area contributed by atoms with E-state index in [0.29, 0.717) is 37.4 Å². The fraction of sp³-hybridized carbons (Fsp3) is 0.211. The van der Waals surface area contributed by atoms with Crippen molar-refractivity contribution < 1.29 is 14.0 Å². The monoisotopic (exact) mass is 384 g/mol. The highest BCUT2D eigenvalue weighted by Crippen LogP contribution is 2.23. The summed E-state index contributed by atoms with van der Waals surface area (Å²) in [5.41, 5.74) is 1.64. The predicted molar refractivity (Wildman–Crippen MR) is 100 cm³/mol. The van der Waals surface area contributed by atoms with Crippen molar-refractivity contribution in [1.82, 2.24) is 20.0 Å². The summed E-state index contributed by atoms with van der Waals surface area (Å²) in [6.07, 6.45) is 0. The molecule has 0 radical (unpaired) electrons. The molecule has 138 valence electrons. The molecule has 27 heavy (non-hydrogen) atoms. The molecular weight excluding hydrogens is 367 g/mol. The van der Waals surface area contributed by atoms with Crippen LogP contribution >= 0.6 is 11.3 Å². The van der Waals surface area contributed by atoms with Gasteiger partial charge in [0.25, 0.3) is 11.8 Å². The highest BCUT2D eigenvalue weighted by atomic mass is 32.1. The van der Waals surface area contributed by atoms with Crippen molar-refractivity contribution in [3.05, 3.63) is 64.9 Å². The second kappa shape index (κ2) is 7.32. The van der Waals surface area contributed by atoms with E-state index >= 15 is 0 Å². The van der Waals surface area contributed by atoms with Crippen molar-refractivity contribution in [2.24, 2.45) is 0 Å². The first-order chi connectivity index (χ1) is 13.1. The number of hydrogen-bond acceptors (Lipinski definition) is 4. The first-order valence-electron chi connectivity index (χ1n) is 8.55. The number of rotatable bonds is 3. The van der Waals surface area contributed by atoms with Gasteiger partial charge in [-0.1, -0.05) is 6.07 Å². The minimum atomic E-state index is -0.372. The molecule has 4 rings (SSSR count). The molecule has 1 N–H and O–H groups in total.